The molecule has 0 radical (unpaired) electrons. The summed E-state index contributed by atoms with van der Waals surface area (Å²) in [4.78, 5) is 16.6. The Labute approximate surface area is 106 Å². The lowest BCUT2D eigenvalue weighted by molar-refractivity contribution is -0.902. The van der Waals surface area contributed by atoms with Crippen molar-refractivity contribution in [3.63, 3.8) is 0 Å². The molecule has 1 aliphatic heterocycles. The predicted molar refractivity (Wildman–Crippen MR) is 71.2 cm³/mol. The van der Waals surface area contributed by atoms with Gasteiger partial charge in [0.1, 0.15) is 0 Å². The second-order valence-corrected chi connectivity index (χ2v) is 5.26. The summed E-state index contributed by atoms with van der Waals surface area (Å²) in [6.07, 6.45) is 3.61. The van der Waals surface area contributed by atoms with Crippen LogP contribution in [0.25, 0.3) is 6.08 Å². The van der Waals surface area contributed by atoms with Crippen molar-refractivity contribution < 1.29 is 9.69 Å². The molecule has 0 unspecified atom stereocenters. The van der Waals surface area contributed by atoms with Crippen LogP contribution < -0.4 is 4.90 Å². The van der Waals surface area contributed by atoms with Gasteiger partial charge in [0.25, 0.3) is 0 Å². The quantitative estimate of drug-likeness (QED) is 0.778. The predicted octanol–water partition coefficient (Wildman–Crippen LogP) is 0.508. The van der Waals surface area contributed by atoms with Crippen molar-refractivity contribution in [2.75, 3.05) is 32.7 Å². The standard InChI is InChI=1S/C13H18N2OS/c1-2-14-7-9-15(10-8-14)13(16)6-5-12-4-3-11-17-12/h3-6,11H,2,7-10H2,1H3/p+1/b6-5+. The molecule has 4 heteroatoms. The van der Waals surface area contributed by atoms with Gasteiger partial charge in [-0.05, 0) is 24.4 Å². The Morgan fingerprint density at radius 1 is 1.53 bits per heavy atom. The van der Waals surface area contributed by atoms with Crippen LogP contribution in [0.2, 0.25) is 0 Å². The van der Waals surface area contributed by atoms with E-state index in [1.807, 2.05) is 28.5 Å². The van der Waals surface area contributed by atoms with E-state index in [4.69, 9.17) is 0 Å². The number of nitrogens with one attached hydrogen (secondary N) is 1. The molecule has 1 amide bonds. The highest BCUT2D eigenvalue weighted by atomic mass is 32.1. The molecule has 2 heterocycles. The number of nitrogens with zero attached hydrogens (tertiary/aromatic N) is 1. The van der Waals surface area contributed by atoms with Crippen molar-refractivity contribution >= 4 is 23.3 Å². The van der Waals surface area contributed by atoms with Gasteiger partial charge in [-0.3, -0.25) is 4.79 Å². The van der Waals surface area contributed by atoms with Crippen molar-refractivity contribution in [1.29, 1.82) is 0 Å². The minimum Gasteiger partial charge on any atom is -0.332 e. The van der Waals surface area contributed by atoms with Crippen molar-refractivity contribution in [2.24, 2.45) is 0 Å². The van der Waals surface area contributed by atoms with Gasteiger partial charge in [-0.25, -0.2) is 0 Å². The lowest BCUT2D eigenvalue weighted by atomic mass is 10.3. The normalized spacial score (nSPS) is 17.8. The molecule has 0 bridgehead atoms. The van der Waals surface area contributed by atoms with Crippen LogP contribution in [0.15, 0.2) is 23.6 Å². The Kier molecular flexibility index (Phi) is 4.34. The number of carbonyl (C=O) groups excluding carboxylic acids is 1. The highest BCUT2D eigenvalue weighted by Gasteiger charge is 2.20. The molecule has 0 saturated carbocycles. The van der Waals surface area contributed by atoms with Crippen molar-refractivity contribution in [2.45, 2.75) is 6.92 Å². The molecule has 0 aromatic carbocycles. The first-order valence-electron chi connectivity index (χ1n) is 6.13. The maximum atomic E-state index is 11.9. The van der Waals surface area contributed by atoms with Crippen LogP contribution in [-0.2, 0) is 4.79 Å². The van der Waals surface area contributed by atoms with E-state index in [0.717, 1.165) is 37.6 Å². The number of hydrogen-bond acceptors (Lipinski definition) is 2. The summed E-state index contributed by atoms with van der Waals surface area (Å²) >= 11 is 1.65. The van der Waals surface area contributed by atoms with E-state index in [9.17, 15) is 4.79 Å². The highest BCUT2D eigenvalue weighted by molar-refractivity contribution is 7.10. The number of rotatable bonds is 3. The third-order valence-corrected chi connectivity index (χ3v) is 4.05. The zero-order chi connectivity index (χ0) is 12.1. The molecule has 1 saturated heterocycles. The summed E-state index contributed by atoms with van der Waals surface area (Å²) < 4.78 is 0. The maximum absolute atomic E-state index is 11.9. The third kappa shape index (κ3) is 3.41. The minimum atomic E-state index is 0.147. The van der Waals surface area contributed by atoms with E-state index in [1.165, 1.54) is 0 Å². The first-order chi connectivity index (χ1) is 8.29. The summed E-state index contributed by atoms with van der Waals surface area (Å²) in [5, 5.41) is 2.02. The van der Waals surface area contributed by atoms with Crippen LogP contribution in [-0.4, -0.2) is 43.5 Å². The van der Waals surface area contributed by atoms with Crippen LogP contribution in [0.3, 0.4) is 0 Å². The smallest absolute Gasteiger partial charge is 0.247 e. The van der Waals surface area contributed by atoms with E-state index in [2.05, 4.69) is 6.92 Å². The Bertz CT molecular complexity index is 378. The van der Waals surface area contributed by atoms with E-state index in [0.29, 0.717) is 0 Å². The maximum Gasteiger partial charge on any atom is 0.247 e. The zero-order valence-corrected chi connectivity index (χ0v) is 11.0. The molecule has 0 atom stereocenters. The summed E-state index contributed by atoms with van der Waals surface area (Å²) in [7, 11) is 0. The molecular weight excluding hydrogens is 232 g/mol. The van der Waals surface area contributed by atoms with Gasteiger partial charge in [0.05, 0.1) is 32.7 Å². The van der Waals surface area contributed by atoms with Crippen LogP contribution in [0.1, 0.15) is 11.8 Å². The minimum absolute atomic E-state index is 0.147. The largest absolute Gasteiger partial charge is 0.332 e. The summed E-state index contributed by atoms with van der Waals surface area (Å²) in [5.74, 6) is 0.147. The van der Waals surface area contributed by atoms with Gasteiger partial charge in [0, 0.05) is 11.0 Å². The van der Waals surface area contributed by atoms with Gasteiger partial charge in [-0.1, -0.05) is 6.07 Å². The first kappa shape index (κ1) is 12.3. The number of quaternary nitrogens is 1. The lowest BCUT2D eigenvalue weighted by Crippen LogP contribution is -3.14. The Morgan fingerprint density at radius 2 is 2.29 bits per heavy atom. The Morgan fingerprint density at radius 3 is 2.88 bits per heavy atom. The lowest BCUT2D eigenvalue weighted by Gasteiger charge is -2.30. The highest BCUT2D eigenvalue weighted by Crippen LogP contribution is 2.10. The fraction of sp³-hybridized carbons (Fsp3) is 0.462. The SMILES string of the molecule is CC[NH+]1CCN(C(=O)/C=C/c2cccs2)CC1. The number of likely N-dealkylation sites (N-methyl/N-ethyl adjacent to an activating group) is 1. The molecule has 1 aliphatic rings. The number of hydrogen-bond donors (Lipinski definition) is 1. The van der Waals surface area contributed by atoms with Crippen molar-refractivity contribution in [1.82, 2.24) is 4.90 Å². The average molecular weight is 251 g/mol. The molecule has 0 spiro atoms. The second kappa shape index (κ2) is 5.98. The molecule has 1 aromatic heterocycles. The number of carbonyl (C=O) groups is 1. The third-order valence-electron chi connectivity index (χ3n) is 3.22. The van der Waals surface area contributed by atoms with Crippen LogP contribution >= 0.6 is 11.3 Å². The first-order valence-corrected chi connectivity index (χ1v) is 7.01. The van der Waals surface area contributed by atoms with Gasteiger partial charge in [0.15, 0.2) is 0 Å². The zero-order valence-electron chi connectivity index (χ0n) is 10.2. The van der Waals surface area contributed by atoms with Crippen LogP contribution in [0, 0.1) is 0 Å². The summed E-state index contributed by atoms with van der Waals surface area (Å²) in [6, 6.07) is 4.02. The molecule has 3 nitrogen and oxygen atoms in total. The fourth-order valence-electron chi connectivity index (χ4n) is 2.04. The van der Waals surface area contributed by atoms with Gasteiger partial charge in [-0.15, -0.1) is 11.3 Å². The molecule has 1 fully saturated rings. The number of piperazine rings is 1. The number of amides is 1. The molecule has 17 heavy (non-hydrogen) atoms. The van der Waals surface area contributed by atoms with Gasteiger partial charge in [-0.2, -0.15) is 0 Å². The van der Waals surface area contributed by atoms with E-state index in [-0.39, 0.29) is 5.91 Å². The van der Waals surface area contributed by atoms with Gasteiger partial charge in [0.2, 0.25) is 5.91 Å². The van der Waals surface area contributed by atoms with Crippen LogP contribution in [0.5, 0.6) is 0 Å². The molecule has 0 aliphatic carbocycles. The molecule has 2 rings (SSSR count). The monoisotopic (exact) mass is 251 g/mol. The fourth-order valence-corrected chi connectivity index (χ4v) is 2.66. The van der Waals surface area contributed by atoms with E-state index < -0.39 is 0 Å². The number of thiophene rings is 1. The molecular formula is C13H19N2OS+. The topological polar surface area (TPSA) is 24.8 Å². The van der Waals surface area contributed by atoms with Gasteiger partial charge >= 0.3 is 0 Å². The molecule has 1 N–H and O–H groups in total. The van der Waals surface area contributed by atoms with E-state index >= 15 is 0 Å². The van der Waals surface area contributed by atoms with Crippen molar-refractivity contribution in [3.8, 4) is 0 Å². The Hall–Kier alpha value is -1.13. The second-order valence-electron chi connectivity index (χ2n) is 4.28. The van der Waals surface area contributed by atoms with E-state index in [1.54, 1.807) is 22.3 Å². The Balaban J connectivity index is 1.85. The molecule has 92 valence electrons. The van der Waals surface area contributed by atoms with Crippen LogP contribution in [0.4, 0.5) is 0 Å². The molecule has 1 aromatic rings. The van der Waals surface area contributed by atoms with Crippen molar-refractivity contribution in [3.05, 3.63) is 28.5 Å². The summed E-state index contributed by atoms with van der Waals surface area (Å²) in [5.41, 5.74) is 0. The summed E-state index contributed by atoms with van der Waals surface area (Å²) in [6.45, 7) is 7.29. The van der Waals surface area contributed by atoms with Gasteiger partial charge < -0.3 is 9.80 Å². The average Bonchev–Trinajstić information content (AvgIpc) is 2.89.